The Hall–Kier alpha value is 0.380. The zero-order valence-electron chi connectivity index (χ0n) is 8.57. The average Bonchev–Trinajstić information content (AvgIpc) is 2.81. The SMILES string of the molecule is CS(=O)(=O)CCS(=O)(=O)CC1(CBr)CC1. The van der Waals surface area contributed by atoms with Crippen LogP contribution in [0.15, 0.2) is 0 Å². The van der Waals surface area contributed by atoms with Crippen molar-refractivity contribution in [3.05, 3.63) is 0 Å². The molecule has 1 rings (SSSR count). The Kier molecular flexibility index (Phi) is 3.88. The highest BCUT2D eigenvalue weighted by molar-refractivity contribution is 9.09. The van der Waals surface area contributed by atoms with Gasteiger partial charge in [0.05, 0.1) is 17.3 Å². The Morgan fingerprint density at radius 1 is 1.13 bits per heavy atom. The normalized spacial score (nSPS) is 20.1. The van der Waals surface area contributed by atoms with Gasteiger partial charge in [-0.3, -0.25) is 0 Å². The van der Waals surface area contributed by atoms with Crippen molar-refractivity contribution < 1.29 is 16.8 Å². The van der Waals surface area contributed by atoms with Crippen molar-refractivity contribution in [2.45, 2.75) is 12.8 Å². The number of hydrogen-bond acceptors (Lipinski definition) is 4. The molecule has 0 heterocycles. The van der Waals surface area contributed by atoms with E-state index in [1.807, 2.05) is 0 Å². The maximum Gasteiger partial charge on any atom is 0.151 e. The number of rotatable bonds is 6. The number of hydrogen-bond donors (Lipinski definition) is 0. The molecule has 0 unspecified atom stereocenters. The fraction of sp³-hybridized carbons (Fsp3) is 1.00. The van der Waals surface area contributed by atoms with Crippen molar-refractivity contribution >= 4 is 35.6 Å². The monoisotopic (exact) mass is 318 g/mol. The lowest BCUT2D eigenvalue weighted by Gasteiger charge is -2.11. The molecule has 1 fully saturated rings. The first-order valence-corrected chi connectivity index (χ1v) is 9.63. The van der Waals surface area contributed by atoms with Crippen LogP contribution in [0.4, 0.5) is 0 Å². The van der Waals surface area contributed by atoms with Gasteiger partial charge in [0, 0.05) is 11.6 Å². The summed E-state index contributed by atoms with van der Waals surface area (Å²) in [5.41, 5.74) is -0.115. The van der Waals surface area contributed by atoms with Crippen LogP contribution in [0, 0.1) is 5.41 Å². The van der Waals surface area contributed by atoms with E-state index >= 15 is 0 Å². The summed E-state index contributed by atoms with van der Waals surface area (Å²) >= 11 is 3.29. The van der Waals surface area contributed by atoms with E-state index in [1.165, 1.54) is 0 Å². The summed E-state index contributed by atoms with van der Waals surface area (Å²) in [5.74, 6) is -0.408. The predicted molar refractivity (Wildman–Crippen MR) is 63.8 cm³/mol. The molecule has 0 aromatic carbocycles. The van der Waals surface area contributed by atoms with Gasteiger partial charge in [0.15, 0.2) is 9.84 Å². The Labute approximate surface area is 99.4 Å². The van der Waals surface area contributed by atoms with Gasteiger partial charge in [-0.05, 0) is 18.3 Å². The van der Waals surface area contributed by atoms with Gasteiger partial charge in [0.2, 0.25) is 0 Å². The van der Waals surface area contributed by atoms with Crippen molar-refractivity contribution in [2.75, 3.05) is 28.8 Å². The second-order valence-electron chi connectivity index (χ2n) is 4.36. The van der Waals surface area contributed by atoms with Crippen LogP contribution in [0.25, 0.3) is 0 Å². The molecule has 0 bridgehead atoms. The van der Waals surface area contributed by atoms with Crippen LogP contribution >= 0.6 is 15.9 Å². The van der Waals surface area contributed by atoms with E-state index in [1.54, 1.807) is 0 Å². The molecule has 0 aliphatic heterocycles. The van der Waals surface area contributed by atoms with Crippen LogP contribution in [-0.2, 0) is 19.7 Å². The molecular formula is C8H15BrO4S2. The van der Waals surface area contributed by atoms with Gasteiger partial charge in [-0.25, -0.2) is 16.8 Å². The first-order valence-electron chi connectivity index (χ1n) is 4.62. The lowest BCUT2D eigenvalue weighted by Crippen LogP contribution is -2.24. The average molecular weight is 319 g/mol. The summed E-state index contributed by atoms with van der Waals surface area (Å²) in [7, 11) is -6.42. The van der Waals surface area contributed by atoms with E-state index in [2.05, 4.69) is 15.9 Å². The second-order valence-corrected chi connectivity index (χ2v) is 9.36. The largest absolute Gasteiger partial charge is 0.229 e. The molecule has 90 valence electrons. The molecule has 0 saturated heterocycles. The predicted octanol–water partition coefficient (Wildman–Crippen LogP) is 0.621. The van der Waals surface area contributed by atoms with Gasteiger partial charge < -0.3 is 0 Å². The van der Waals surface area contributed by atoms with E-state index in [0.717, 1.165) is 19.1 Å². The van der Waals surface area contributed by atoms with Crippen molar-refractivity contribution in [3.8, 4) is 0 Å². The maximum absolute atomic E-state index is 11.6. The smallest absolute Gasteiger partial charge is 0.151 e. The van der Waals surface area contributed by atoms with Crippen molar-refractivity contribution in [1.82, 2.24) is 0 Å². The first-order chi connectivity index (χ1) is 6.68. The quantitative estimate of drug-likeness (QED) is 0.673. The maximum atomic E-state index is 11.6. The molecule has 0 atom stereocenters. The summed E-state index contributed by atoms with van der Waals surface area (Å²) in [4.78, 5) is 0. The highest BCUT2D eigenvalue weighted by Gasteiger charge is 2.44. The highest BCUT2D eigenvalue weighted by Crippen LogP contribution is 2.48. The summed E-state index contributed by atoms with van der Waals surface area (Å²) in [6.07, 6.45) is 2.88. The van der Waals surface area contributed by atoms with E-state index in [0.29, 0.717) is 5.33 Å². The molecular weight excluding hydrogens is 304 g/mol. The molecule has 0 radical (unpaired) electrons. The Bertz CT molecular complexity index is 420. The lowest BCUT2D eigenvalue weighted by atomic mass is 10.2. The Balaban J connectivity index is 2.54. The van der Waals surface area contributed by atoms with Gasteiger partial charge in [-0.1, -0.05) is 15.9 Å². The fourth-order valence-corrected chi connectivity index (χ4v) is 6.03. The van der Waals surface area contributed by atoms with Gasteiger partial charge >= 0.3 is 0 Å². The van der Waals surface area contributed by atoms with Crippen LogP contribution in [0.1, 0.15) is 12.8 Å². The molecule has 1 saturated carbocycles. The number of alkyl halides is 1. The summed E-state index contributed by atoms with van der Waals surface area (Å²) in [6, 6.07) is 0. The zero-order chi connectivity index (χ0) is 11.7. The van der Waals surface area contributed by atoms with Crippen molar-refractivity contribution in [2.24, 2.45) is 5.41 Å². The number of sulfone groups is 2. The number of halogens is 1. The van der Waals surface area contributed by atoms with E-state index in [9.17, 15) is 16.8 Å². The third kappa shape index (κ3) is 4.82. The van der Waals surface area contributed by atoms with Crippen molar-refractivity contribution in [1.29, 1.82) is 0 Å². The van der Waals surface area contributed by atoms with E-state index in [-0.39, 0.29) is 22.7 Å². The Morgan fingerprint density at radius 2 is 1.67 bits per heavy atom. The van der Waals surface area contributed by atoms with Gasteiger partial charge in [-0.15, -0.1) is 0 Å². The van der Waals surface area contributed by atoms with E-state index in [4.69, 9.17) is 0 Å². The molecule has 0 N–H and O–H groups in total. The third-order valence-corrected chi connectivity index (χ3v) is 6.80. The van der Waals surface area contributed by atoms with Gasteiger partial charge in [0.25, 0.3) is 0 Å². The molecule has 7 heteroatoms. The zero-order valence-corrected chi connectivity index (χ0v) is 11.8. The van der Waals surface area contributed by atoms with Gasteiger partial charge in [0.1, 0.15) is 9.84 Å². The van der Waals surface area contributed by atoms with Crippen LogP contribution in [0.5, 0.6) is 0 Å². The summed E-state index contributed by atoms with van der Waals surface area (Å²) < 4.78 is 44.9. The minimum Gasteiger partial charge on any atom is -0.229 e. The van der Waals surface area contributed by atoms with E-state index < -0.39 is 19.7 Å². The van der Waals surface area contributed by atoms with Crippen molar-refractivity contribution in [3.63, 3.8) is 0 Å². The first kappa shape index (κ1) is 13.4. The molecule has 0 amide bonds. The molecule has 4 nitrogen and oxygen atoms in total. The molecule has 0 aromatic rings. The molecule has 0 spiro atoms. The van der Waals surface area contributed by atoms with Crippen LogP contribution in [0.3, 0.4) is 0 Å². The molecule has 1 aliphatic carbocycles. The third-order valence-electron chi connectivity index (χ3n) is 2.53. The van der Waals surface area contributed by atoms with Gasteiger partial charge in [-0.2, -0.15) is 0 Å². The molecule has 1 aliphatic rings. The Morgan fingerprint density at radius 3 is 2.00 bits per heavy atom. The highest BCUT2D eigenvalue weighted by atomic mass is 79.9. The lowest BCUT2D eigenvalue weighted by molar-refractivity contribution is 0.570. The second kappa shape index (κ2) is 4.33. The summed E-state index contributed by atoms with van der Waals surface area (Å²) in [5, 5.41) is 0.679. The topological polar surface area (TPSA) is 68.3 Å². The standard InChI is InChI=1S/C8H15BrO4S2/c1-14(10,11)4-5-15(12,13)7-8(6-9)2-3-8/h2-7H2,1H3. The minimum atomic E-state index is -3.23. The van der Waals surface area contributed by atoms with Crippen LogP contribution in [-0.4, -0.2) is 45.7 Å². The molecule has 15 heavy (non-hydrogen) atoms. The fourth-order valence-electron chi connectivity index (χ4n) is 1.31. The van der Waals surface area contributed by atoms with Crippen LogP contribution in [0.2, 0.25) is 0 Å². The molecule has 0 aromatic heterocycles. The van der Waals surface area contributed by atoms with Crippen LogP contribution < -0.4 is 0 Å². The summed E-state index contributed by atoms with van der Waals surface area (Å²) in [6.45, 7) is 0. The minimum absolute atomic E-state index is 0.112.